The molecule has 14 rings (SSSR count). The predicted molar refractivity (Wildman–Crippen MR) is 307 cm³/mol. The Morgan fingerprint density at radius 3 is 1.38 bits per heavy atom. The normalized spacial score (nSPS) is 11.5. The summed E-state index contributed by atoms with van der Waals surface area (Å²) in [6.45, 7) is 8.09. The van der Waals surface area contributed by atoms with Crippen LogP contribution in [0.25, 0.3) is 149 Å². The first kappa shape index (κ1) is 42.8. The van der Waals surface area contributed by atoms with Crippen LogP contribution in [0.15, 0.2) is 255 Å². The van der Waals surface area contributed by atoms with Crippen molar-refractivity contribution in [3.63, 3.8) is 0 Å². The summed E-state index contributed by atoms with van der Waals surface area (Å²) < 4.78 is 0. The van der Waals surface area contributed by atoms with E-state index < -0.39 is 0 Å². The molecule has 0 radical (unpaired) electrons. The largest absolute Gasteiger partial charge is 0.238 e. The van der Waals surface area contributed by atoms with E-state index in [1.54, 1.807) is 0 Å². The van der Waals surface area contributed by atoms with Crippen LogP contribution in [0.3, 0.4) is 0 Å². The molecule has 74 heavy (non-hydrogen) atoms. The van der Waals surface area contributed by atoms with Gasteiger partial charge in [-0.2, -0.15) is 0 Å². The summed E-state index contributed by atoms with van der Waals surface area (Å²) >= 11 is 0. The van der Waals surface area contributed by atoms with Gasteiger partial charge in [-0.3, -0.25) is 0 Å². The molecule has 0 unspecified atom stereocenters. The van der Waals surface area contributed by atoms with Crippen molar-refractivity contribution in [1.29, 1.82) is 0 Å². The van der Waals surface area contributed by atoms with E-state index >= 15 is 0 Å². The van der Waals surface area contributed by atoms with Crippen molar-refractivity contribution < 1.29 is 0 Å². The molecule has 1 heterocycles. The van der Waals surface area contributed by atoms with Crippen molar-refractivity contribution in [1.82, 2.24) is 15.0 Å². The maximum Gasteiger partial charge on any atom is 0.188 e. The Morgan fingerprint density at radius 1 is 0.243 bits per heavy atom. The molecule has 0 bridgehead atoms. The van der Waals surface area contributed by atoms with Crippen molar-refractivity contribution in [3.05, 3.63) is 266 Å². The Balaban J connectivity index is 0.784. The van der Waals surface area contributed by atoms with Gasteiger partial charge in [-0.05, 0) is 147 Å². The molecule has 0 spiro atoms. The van der Waals surface area contributed by atoms with Crippen molar-refractivity contribution in [2.45, 2.75) is 0 Å². The average Bonchev–Trinajstić information content (AvgIpc) is 3.84. The van der Waals surface area contributed by atoms with E-state index in [1.807, 2.05) is 42.5 Å². The van der Waals surface area contributed by atoms with Crippen molar-refractivity contribution in [2.24, 2.45) is 0 Å². The Bertz CT molecular complexity index is 4390. The van der Waals surface area contributed by atoms with Crippen LogP contribution in [-0.4, -0.2) is 15.0 Å². The fourth-order valence-electron chi connectivity index (χ4n) is 11.1. The lowest BCUT2D eigenvalue weighted by Gasteiger charge is -2.13. The molecule has 342 valence electrons. The van der Waals surface area contributed by atoms with Gasteiger partial charge in [-0.25, -0.2) is 19.8 Å². The summed E-state index contributed by atoms with van der Waals surface area (Å²) in [5, 5.41) is 7.52. The summed E-state index contributed by atoms with van der Waals surface area (Å²) in [7, 11) is 0. The lowest BCUT2D eigenvalue weighted by atomic mass is 9.92. The summed E-state index contributed by atoms with van der Waals surface area (Å²) in [5.41, 5.74) is 19.3. The summed E-state index contributed by atoms with van der Waals surface area (Å²) in [6, 6.07) is 90.0. The second kappa shape index (κ2) is 17.6. The van der Waals surface area contributed by atoms with Crippen LogP contribution in [0.1, 0.15) is 0 Å². The first-order chi connectivity index (χ1) is 36.6. The molecule has 0 fully saturated rings. The van der Waals surface area contributed by atoms with Gasteiger partial charge < -0.3 is 0 Å². The molecule has 12 aromatic carbocycles. The van der Waals surface area contributed by atoms with Crippen LogP contribution in [0.2, 0.25) is 0 Å². The number of fused-ring (bicyclic) bond motifs is 6. The van der Waals surface area contributed by atoms with Gasteiger partial charge in [0.2, 0.25) is 0 Å². The van der Waals surface area contributed by atoms with E-state index in [1.165, 1.54) is 65.7 Å². The number of hydrogen-bond acceptors (Lipinski definition) is 3. The quantitative estimate of drug-likeness (QED) is 0.113. The molecule has 0 amide bonds. The molecule has 0 N–H and O–H groups in total. The van der Waals surface area contributed by atoms with E-state index in [4.69, 9.17) is 21.5 Å². The topological polar surface area (TPSA) is 43.0 Å². The number of rotatable bonds is 8. The fraction of sp³-hybridized carbons (Fsp3) is 0. The maximum atomic E-state index is 8.09. The third-order valence-corrected chi connectivity index (χ3v) is 14.7. The van der Waals surface area contributed by atoms with Gasteiger partial charge in [0.1, 0.15) is 0 Å². The zero-order valence-electron chi connectivity index (χ0n) is 40.0. The van der Waals surface area contributed by atoms with Gasteiger partial charge in [0.25, 0.3) is 0 Å². The minimum absolute atomic E-state index is 0.594. The highest BCUT2D eigenvalue weighted by molar-refractivity contribution is 6.19. The van der Waals surface area contributed by atoms with E-state index in [0.29, 0.717) is 23.2 Å². The van der Waals surface area contributed by atoms with Gasteiger partial charge in [-0.15, -0.1) is 0 Å². The highest BCUT2D eigenvalue weighted by Gasteiger charge is 2.23. The van der Waals surface area contributed by atoms with Crippen molar-refractivity contribution in [2.75, 3.05) is 0 Å². The molecular formula is C70H42N4. The average molecular weight is 939 g/mol. The molecule has 1 aliphatic rings. The Labute approximate surface area is 429 Å². The van der Waals surface area contributed by atoms with Crippen LogP contribution >= 0.6 is 0 Å². The molecule has 4 heteroatoms. The SMILES string of the molecule is [C-]#[N+]c1cc(-c2ccc(-c3cc4ccccc4c4ccccc34)cc2)cc(-c2cccc(-c3cccc(-c4nc(-c5ccccc5)nc(-c5ccc(-c6ccc7c8c(cccc68)-c6ccccc6-7)cc5)n4)c3)c2)c1. The van der Waals surface area contributed by atoms with Crippen LogP contribution in [-0.2, 0) is 0 Å². The standard InChI is InChI=1S/C70H42N4/c1-71-56-41-54(44-28-30-46(31-29-44)66-43-52-16-5-6-21-57(52)59-22-7-10-25-62(59)66)40-55(42-56)51-19-11-17-49(38-51)50-18-12-20-53(39-50)70-73-68(47-14-3-2-4-15-47)72-69(74-70)48-34-32-45(33-35-48)58-36-37-65-61-24-9-8-23-60(61)64-27-13-26-63(58)67(64)65/h2-43H. The lowest BCUT2D eigenvalue weighted by Crippen LogP contribution is -2.00. The van der Waals surface area contributed by atoms with Gasteiger partial charge in [-0.1, -0.05) is 218 Å². The monoisotopic (exact) mass is 938 g/mol. The minimum atomic E-state index is 0.594. The summed E-state index contributed by atoms with van der Waals surface area (Å²) in [5.74, 6) is 1.81. The van der Waals surface area contributed by atoms with Gasteiger partial charge in [0.05, 0.1) is 6.57 Å². The van der Waals surface area contributed by atoms with Gasteiger partial charge in [0, 0.05) is 16.7 Å². The molecule has 0 atom stereocenters. The highest BCUT2D eigenvalue weighted by atomic mass is 15.0. The molecule has 0 aliphatic heterocycles. The molecular weight excluding hydrogens is 897 g/mol. The smallest absolute Gasteiger partial charge is 0.188 e. The Hall–Kier alpha value is -10.1. The van der Waals surface area contributed by atoms with Crippen molar-refractivity contribution in [3.8, 4) is 112 Å². The first-order valence-electron chi connectivity index (χ1n) is 24.9. The number of benzene rings is 12. The fourth-order valence-corrected chi connectivity index (χ4v) is 11.1. The molecule has 1 aromatic heterocycles. The van der Waals surface area contributed by atoms with Gasteiger partial charge in [0.15, 0.2) is 23.2 Å². The third-order valence-electron chi connectivity index (χ3n) is 14.7. The van der Waals surface area contributed by atoms with Crippen LogP contribution in [0.4, 0.5) is 5.69 Å². The predicted octanol–water partition coefficient (Wildman–Crippen LogP) is 18.9. The highest BCUT2D eigenvalue weighted by Crippen LogP contribution is 2.49. The molecule has 4 nitrogen and oxygen atoms in total. The minimum Gasteiger partial charge on any atom is -0.238 e. The molecule has 0 saturated carbocycles. The van der Waals surface area contributed by atoms with Crippen LogP contribution in [0.5, 0.6) is 0 Å². The number of nitrogens with zero attached hydrogens (tertiary/aromatic N) is 4. The van der Waals surface area contributed by atoms with Gasteiger partial charge >= 0.3 is 0 Å². The van der Waals surface area contributed by atoms with Crippen LogP contribution < -0.4 is 0 Å². The number of hydrogen-bond donors (Lipinski definition) is 0. The van der Waals surface area contributed by atoms with E-state index in [2.05, 4.69) is 217 Å². The molecule has 1 aliphatic carbocycles. The van der Waals surface area contributed by atoms with Crippen molar-refractivity contribution >= 4 is 38.0 Å². The molecule has 13 aromatic rings. The second-order valence-corrected chi connectivity index (χ2v) is 19.0. The molecule has 0 saturated heterocycles. The maximum absolute atomic E-state index is 8.09. The van der Waals surface area contributed by atoms with Crippen LogP contribution in [0, 0.1) is 6.57 Å². The third kappa shape index (κ3) is 7.43. The number of aromatic nitrogens is 3. The van der Waals surface area contributed by atoms with E-state index in [0.717, 1.165) is 61.2 Å². The van der Waals surface area contributed by atoms with E-state index in [9.17, 15) is 0 Å². The van der Waals surface area contributed by atoms with E-state index in [-0.39, 0.29) is 0 Å². The Kier molecular flexibility index (Phi) is 10.2. The Morgan fingerprint density at radius 2 is 0.676 bits per heavy atom. The second-order valence-electron chi connectivity index (χ2n) is 19.0. The summed E-state index contributed by atoms with van der Waals surface area (Å²) in [6.07, 6.45) is 0. The summed E-state index contributed by atoms with van der Waals surface area (Å²) in [4.78, 5) is 19.3. The first-order valence-corrected chi connectivity index (χ1v) is 24.9. The zero-order valence-corrected chi connectivity index (χ0v) is 40.0. The lowest BCUT2D eigenvalue weighted by molar-refractivity contribution is 1.07. The zero-order chi connectivity index (χ0) is 49.1.